The largest absolute Gasteiger partial charge is 0.241 e. The summed E-state index contributed by atoms with van der Waals surface area (Å²) in [6.07, 6.45) is 0. The molecule has 0 spiro atoms. The second kappa shape index (κ2) is 6.36. The van der Waals surface area contributed by atoms with Crippen LogP contribution in [-0.4, -0.2) is 16.8 Å². The van der Waals surface area contributed by atoms with Crippen LogP contribution in [0.4, 0.5) is 4.39 Å². The van der Waals surface area contributed by atoms with Crippen molar-refractivity contribution in [3.63, 3.8) is 0 Å². The van der Waals surface area contributed by atoms with Gasteiger partial charge in [-0.2, -0.15) is 0 Å². The van der Waals surface area contributed by atoms with Crippen LogP contribution >= 0.6 is 0 Å². The van der Waals surface area contributed by atoms with E-state index < -0.39 is 31.9 Å². The van der Waals surface area contributed by atoms with E-state index in [2.05, 4.69) is 4.72 Å². The fourth-order valence-corrected chi connectivity index (χ4v) is 3.70. The lowest BCUT2D eigenvalue weighted by molar-refractivity contribution is 0.564. The molecule has 0 saturated carbocycles. The zero-order valence-corrected chi connectivity index (χ0v) is 13.7. The van der Waals surface area contributed by atoms with Crippen molar-refractivity contribution in [1.29, 1.82) is 0 Å². The van der Waals surface area contributed by atoms with E-state index in [9.17, 15) is 21.2 Å². The highest BCUT2D eigenvalue weighted by molar-refractivity contribution is 7.89. The van der Waals surface area contributed by atoms with E-state index in [-0.39, 0.29) is 9.79 Å². The van der Waals surface area contributed by atoms with Gasteiger partial charge in [-0.15, -0.1) is 0 Å². The summed E-state index contributed by atoms with van der Waals surface area (Å²) in [7, 11) is -7.78. The maximum absolute atomic E-state index is 13.2. The van der Waals surface area contributed by atoms with Gasteiger partial charge in [0.1, 0.15) is 5.82 Å². The SMILES string of the molecule is CC(NS(=O)(=O)c1ccc(S(N)(=O)=O)cc1)c1cccc(F)c1. The van der Waals surface area contributed by atoms with Crippen LogP contribution in [0.5, 0.6) is 0 Å². The van der Waals surface area contributed by atoms with E-state index in [0.717, 1.165) is 24.3 Å². The number of nitrogens with one attached hydrogen (secondary N) is 1. The first-order valence-electron chi connectivity index (χ1n) is 6.50. The lowest BCUT2D eigenvalue weighted by Crippen LogP contribution is -2.27. The minimum absolute atomic E-state index is 0.117. The Morgan fingerprint density at radius 1 is 1.00 bits per heavy atom. The van der Waals surface area contributed by atoms with Gasteiger partial charge in [-0.3, -0.25) is 0 Å². The highest BCUT2D eigenvalue weighted by atomic mass is 32.2. The van der Waals surface area contributed by atoms with Gasteiger partial charge in [-0.25, -0.2) is 31.1 Å². The van der Waals surface area contributed by atoms with Gasteiger partial charge in [0.05, 0.1) is 9.79 Å². The third-order valence-corrected chi connectivity index (χ3v) is 5.63. The number of halogens is 1. The fourth-order valence-electron chi connectivity index (χ4n) is 1.95. The quantitative estimate of drug-likeness (QED) is 0.845. The van der Waals surface area contributed by atoms with Crippen molar-refractivity contribution in [2.45, 2.75) is 22.8 Å². The van der Waals surface area contributed by atoms with Crippen LogP contribution < -0.4 is 9.86 Å². The first-order chi connectivity index (χ1) is 10.6. The Morgan fingerprint density at radius 3 is 2.09 bits per heavy atom. The molecule has 0 fully saturated rings. The van der Waals surface area contributed by atoms with Gasteiger partial charge in [-0.1, -0.05) is 12.1 Å². The van der Waals surface area contributed by atoms with Crippen molar-refractivity contribution in [3.8, 4) is 0 Å². The molecule has 0 bridgehead atoms. The summed E-state index contributed by atoms with van der Waals surface area (Å²) in [5.74, 6) is -0.467. The molecule has 0 aliphatic heterocycles. The summed E-state index contributed by atoms with van der Waals surface area (Å²) < 4.78 is 62.5. The van der Waals surface area contributed by atoms with Crippen LogP contribution in [0.2, 0.25) is 0 Å². The predicted octanol–water partition coefficient (Wildman–Crippen LogP) is 1.51. The number of sulfonamides is 2. The Balaban J connectivity index is 2.25. The third kappa shape index (κ3) is 4.35. The van der Waals surface area contributed by atoms with Crippen LogP contribution in [0.3, 0.4) is 0 Å². The molecule has 1 atom stereocenters. The lowest BCUT2D eigenvalue weighted by Gasteiger charge is -2.15. The summed E-state index contributed by atoms with van der Waals surface area (Å²) in [5, 5.41) is 4.96. The normalized spacial score (nSPS) is 13.7. The number of nitrogens with two attached hydrogens (primary N) is 1. The predicted molar refractivity (Wildman–Crippen MR) is 83.0 cm³/mol. The number of benzene rings is 2. The van der Waals surface area contributed by atoms with Gasteiger partial charge in [0, 0.05) is 6.04 Å². The lowest BCUT2D eigenvalue weighted by atomic mass is 10.1. The Labute approximate surface area is 134 Å². The monoisotopic (exact) mass is 358 g/mol. The molecular formula is C14H15FN2O4S2. The van der Waals surface area contributed by atoms with Gasteiger partial charge in [0.15, 0.2) is 0 Å². The number of primary sulfonamides is 1. The molecule has 2 aromatic carbocycles. The molecule has 0 aromatic heterocycles. The highest BCUT2D eigenvalue weighted by Gasteiger charge is 2.19. The molecule has 124 valence electrons. The topological polar surface area (TPSA) is 106 Å². The summed E-state index contributed by atoms with van der Waals surface area (Å²) in [6.45, 7) is 1.57. The van der Waals surface area contributed by atoms with Crippen LogP contribution in [0.25, 0.3) is 0 Å². The smallest absolute Gasteiger partial charge is 0.225 e. The summed E-state index contributed by atoms with van der Waals surface area (Å²) in [4.78, 5) is -0.303. The summed E-state index contributed by atoms with van der Waals surface area (Å²) in [6, 6.07) is 9.41. The molecule has 1 unspecified atom stereocenters. The molecule has 0 radical (unpaired) electrons. The molecule has 0 saturated heterocycles. The molecule has 2 aromatic rings. The highest BCUT2D eigenvalue weighted by Crippen LogP contribution is 2.19. The van der Waals surface area contributed by atoms with Gasteiger partial charge in [0.2, 0.25) is 20.0 Å². The third-order valence-electron chi connectivity index (χ3n) is 3.14. The van der Waals surface area contributed by atoms with E-state index in [1.54, 1.807) is 13.0 Å². The molecule has 0 heterocycles. The average Bonchev–Trinajstić information content (AvgIpc) is 2.46. The van der Waals surface area contributed by atoms with Gasteiger partial charge >= 0.3 is 0 Å². The number of hydrogen-bond acceptors (Lipinski definition) is 4. The maximum atomic E-state index is 13.2. The first-order valence-corrected chi connectivity index (χ1v) is 9.53. The first kappa shape index (κ1) is 17.5. The molecule has 2 rings (SSSR count). The second-order valence-electron chi connectivity index (χ2n) is 4.91. The molecule has 0 amide bonds. The van der Waals surface area contributed by atoms with Crippen molar-refractivity contribution in [3.05, 3.63) is 59.9 Å². The molecule has 3 N–H and O–H groups in total. The van der Waals surface area contributed by atoms with Crippen molar-refractivity contribution < 1.29 is 21.2 Å². The van der Waals surface area contributed by atoms with Crippen LogP contribution in [0, 0.1) is 5.82 Å². The van der Waals surface area contributed by atoms with Crippen molar-refractivity contribution >= 4 is 20.0 Å². The van der Waals surface area contributed by atoms with Crippen molar-refractivity contribution in [2.24, 2.45) is 5.14 Å². The standard InChI is InChI=1S/C14H15FN2O4S2/c1-10(11-3-2-4-12(15)9-11)17-23(20,21)14-7-5-13(6-8-14)22(16,18)19/h2-10,17H,1H3,(H2,16,18,19). The minimum atomic E-state index is -3.89. The summed E-state index contributed by atoms with van der Waals surface area (Å²) in [5.41, 5.74) is 0.467. The van der Waals surface area contributed by atoms with Crippen LogP contribution in [0.15, 0.2) is 58.3 Å². The molecule has 9 heteroatoms. The molecule has 0 aliphatic carbocycles. The summed E-state index contributed by atoms with van der Waals surface area (Å²) >= 11 is 0. The van der Waals surface area contributed by atoms with Gasteiger partial charge in [-0.05, 0) is 48.9 Å². The zero-order chi connectivity index (χ0) is 17.3. The molecule has 6 nitrogen and oxygen atoms in total. The average molecular weight is 358 g/mol. The molecule has 23 heavy (non-hydrogen) atoms. The van der Waals surface area contributed by atoms with Crippen LogP contribution in [-0.2, 0) is 20.0 Å². The number of rotatable bonds is 5. The van der Waals surface area contributed by atoms with E-state index in [0.29, 0.717) is 5.56 Å². The Hall–Kier alpha value is -1.81. The Bertz CT molecular complexity index is 910. The maximum Gasteiger partial charge on any atom is 0.241 e. The fraction of sp³-hybridized carbons (Fsp3) is 0.143. The van der Waals surface area contributed by atoms with Crippen molar-refractivity contribution in [2.75, 3.05) is 0 Å². The van der Waals surface area contributed by atoms with E-state index in [1.807, 2.05) is 0 Å². The van der Waals surface area contributed by atoms with E-state index >= 15 is 0 Å². The molecular weight excluding hydrogens is 343 g/mol. The number of hydrogen-bond donors (Lipinski definition) is 2. The minimum Gasteiger partial charge on any atom is -0.225 e. The zero-order valence-electron chi connectivity index (χ0n) is 12.1. The second-order valence-corrected chi connectivity index (χ2v) is 8.19. The van der Waals surface area contributed by atoms with Gasteiger partial charge in [0.25, 0.3) is 0 Å². The van der Waals surface area contributed by atoms with Crippen molar-refractivity contribution in [1.82, 2.24) is 4.72 Å². The van der Waals surface area contributed by atoms with E-state index in [1.165, 1.54) is 18.2 Å². The molecule has 0 aliphatic rings. The Morgan fingerprint density at radius 2 is 1.57 bits per heavy atom. The van der Waals surface area contributed by atoms with Crippen LogP contribution in [0.1, 0.15) is 18.5 Å². The Kier molecular flexibility index (Phi) is 4.85. The van der Waals surface area contributed by atoms with E-state index in [4.69, 9.17) is 5.14 Å². The van der Waals surface area contributed by atoms with Gasteiger partial charge < -0.3 is 0 Å².